The molecule has 3 unspecified atom stereocenters. The molecule has 0 radical (unpaired) electrons. The summed E-state index contributed by atoms with van der Waals surface area (Å²) in [6.45, 7) is 11.7. The molecule has 5 nitrogen and oxygen atoms in total. The van der Waals surface area contributed by atoms with Crippen molar-refractivity contribution in [3.8, 4) is 0 Å². The van der Waals surface area contributed by atoms with Crippen molar-refractivity contribution >= 4 is 29.9 Å². The summed E-state index contributed by atoms with van der Waals surface area (Å²) < 4.78 is 12.2. The van der Waals surface area contributed by atoms with Crippen LogP contribution in [-0.4, -0.2) is 62.0 Å². The maximum Gasteiger partial charge on any atom is 0.194 e. The third-order valence-electron chi connectivity index (χ3n) is 6.93. The number of halogens is 1. The Kier molecular flexibility index (Phi) is 7.34. The van der Waals surface area contributed by atoms with E-state index in [1.165, 1.54) is 25.7 Å². The average molecular weight is 491 g/mol. The second-order valence-corrected chi connectivity index (χ2v) is 9.30. The van der Waals surface area contributed by atoms with Gasteiger partial charge in [0.15, 0.2) is 5.96 Å². The number of ether oxygens (including phenoxy) is 2. The second-order valence-electron chi connectivity index (χ2n) is 9.30. The topological polar surface area (TPSA) is 46.1 Å². The number of hydrogen-bond donors (Lipinski definition) is 1. The third kappa shape index (κ3) is 4.74. The number of likely N-dealkylation sites (tertiary alicyclic amines) is 1. The van der Waals surface area contributed by atoms with Gasteiger partial charge in [-0.2, -0.15) is 0 Å². The first kappa shape index (κ1) is 21.6. The van der Waals surface area contributed by atoms with E-state index in [2.05, 4.69) is 31.0 Å². The van der Waals surface area contributed by atoms with Gasteiger partial charge in [-0.25, -0.2) is 0 Å². The molecule has 2 aliphatic carbocycles. The zero-order valence-corrected chi connectivity index (χ0v) is 19.6. The van der Waals surface area contributed by atoms with E-state index in [0.29, 0.717) is 24.2 Å². The molecule has 2 saturated heterocycles. The fourth-order valence-electron chi connectivity index (χ4n) is 5.13. The molecule has 6 heteroatoms. The van der Waals surface area contributed by atoms with Crippen LogP contribution in [0.25, 0.3) is 0 Å². The predicted molar refractivity (Wildman–Crippen MR) is 120 cm³/mol. The van der Waals surface area contributed by atoms with E-state index in [0.717, 1.165) is 57.6 Å². The van der Waals surface area contributed by atoms with Crippen molar-refractivity contribution in [3.63, 3.8) is 0 Å². The van der Waals surface area contributed by atoms with Gasteiger partial charge in [0, 0.05) is 50.2 Å². The van der Waals surface area contributed by atoms with Crippen LogP contribution in [0.15, 0.2) is 4.99 Å². The Morgan fingerprint density at radius 3 is 2.59 bits per heavy atom. The molecular weight excluding hydrogens is 453 g/mol. The summed E-state index contributed by atoms with van der Waals surface area (Å²) >= 11 is 0. The summed E-state index contributed by atoms with van der Waals surface area (Å²) in [5.74, 6) is 2.61. The Labute approximate surface area is 182 Å². The molecule has 27 heavy (non-hydrogen) atoms. The van der Waals surface area contributed by atoms with Gasteiger partial charge in [0.1, 0.15) is 0 Å². The number of guanidine groups is 1. The molecule has 4 aliphatic rings. The molecule has 3 atom stereocenters. The minimum Gasteiger partial charge on any atom is -0.378 e. The lowest BCUT2D eigenvalue weighted by atomic mass is 9.55. The number of fused-ring (bicyclic) bond motifs is 1. The Hall–Kier alpha value is -0.0800. The maximum absolute atomic E-state index is 6.11. The first-order valence-corrected chi connectivity index (χ1v) is 10.9. The van der Waals surface area contributed by atoms with E-state index < -0.39 is 0 Å². The van der Waals surface area contributed by atoms with Crippen molar-refractivity contribution in [2.45, 2.75) is 77.5 Å². The van der Waals surface area contributed by atoms with Crippen LogP contribution < -0.4 is 5.32 Å². The van der Waals surface area contributed by atoms with E-state index in [4.69, 9.17) is 14.5 Å². The van der Waals surface area contributed by atoms with E-state index >= 15 is 0 Å². The molecule has 2 saturated carbocycles. The predicted octanol–water partition coefficient (Wildman–Crippen LogP) is 3.66. The quantitative estimate of drug-likeness (QED) is 0.362. The summed E-state index contributed by atoms with van der Waals surface area (Å²) in [6, 6.07) is 0.474. The molecule has 0 spiro atoms. The fourth-order valence-corrected chi connectivity index (χ4v) is 5.13. The zero-order chi connectivity index (χ0) is 18.1. The SMILES string of the molecule is CCN=C(NC1C2CCCOC2C1(C)C)N1CCC(OCC2CC2)CC1.I. The monoisotopic (exact) mass is 491 g/mol. The molecule has 1 N–H and O–H groups in total. The summed E-state index contributed by atoms with van der Waals surface area (Å²) in [7, 11) is 0. The van der Waals surface area contributed by atoms with Crippen LogP contribution in [0.4, 0.5) is 0 Å². The van der Waals surface area contributed by atoms with Gasteiger partial charge >= 0.3 is 0 Å². The first-order valence-electron chi connectivity index (χ1n) is 10.9. The Morgan fingerprint density at radius 2 is 1.93 bits per heavy atom. The Morgan fingerprint density at radius 1 is 1.19 bits per heavy atom. The van der Waals surface area contributed by atoms with Gasteiger partial charge in [-0.05, 0) is 51.4 Å². The number of piperidine rings is 1. The molecule has 0 bridgehead atoms. The van der Waals surface area contributed by atoms with Crippen LogP contribution in [0.2, 0.25) is 0 Å². The van der Waals surface area contributed by atoms with Crippen molar-refractivity contribution in [1.82, 2.24) is 10.2 Å². The molecule has 0 amide bonds. The van der Waals surface area contributed by atoms with Crippen LogP contribution in [0, 0.1) is 17.3 Å². The van der Waals surface area contributed by atoms with E-state index in [1.807, 2.05) is 0 Å². The van der Waals surface area contributed by atoms with Gasteiger partial charge in [0.05, 0.1) is 12.2 Å². The second kappa shape index (κ2) is 9.16. The van der Waals surface area contributed by atoms with Crippen LogP contribution in [-0.2, 0) is 9.47 Å². The van der Waals surface area contributed by atoms with Crippen molar-refractivity contribution in [1.29, 1.82) is 0 Å². The van der Waals surface area contributed by atoms with Gasteiger partial charge in [-0.3, -0.25) is 4.99 Å². The number of hydrogen-bond acceptors (Lipinski definition) is 3. The first-order chi connectivity index (χ1) is 12.6. The normalized spacial score (nSPS) is 33.7. The van der Waals surface area contributed by atoms with Crippen molar-refractivity contribution in [2.75, 3.05) is 32.8 Å². The molecule has 4 fully saturated rings. The summed E-state index contributed by atoms with van der Waals surface area (Å²) in [4.78, 5) is 7.28. The van der Waals surface area contributed by atoms with Crippen LogP contribution in [0.3, 0.4) is 0 Å². The highest BCUT2D eigenvalue weighted by atomic mass is 127. The van der Waals surface area contributed by atoms with E-state index in [-0.39, 0.29) is 29.4 Å². The van der Waals surface area contributed by atoms with Crippen molar-refractivity contribution in [2.24, 2.45) is 22.2 Å². The summed E-state index contributed by atoms with van der Waals surface area (Å²) in [5, 5.41) is 3.84. The number of aliphatic imine (C=N–C) groups is 1. The van der Waals surface area contributed by atoms with Crippen LogP contribution in [0.5, 0.6) is 0 Å². The van der Waals surface area contributed by atoms with E-state index in [9.17, 15) is 0 Å². The lowest BCUT2D eigenvalue weighted by Crippen LogP contribution is -2.71. The molecular formula is C21H38IN3O2. The largest absolute Gasteiger partial charge is 0.378 e. The summed E-state index contributed by atoms with van der Waals surface area (Å²) in [6.07, 6.45) is 8.34. The average Bonchev–Trinajstić information content (AvgIpc) is 3.48. The molecule has 2 heterocycles. The van der Waals surface area contributed by atoms with Gasteiger partial charge in [-0.1, -0.05) is 13.8 Å². The highest BCUT2D eigenvalue weighted by molar-refractivity contribution is 14.0. The van der Waals surface area contributed by atoms with Gasteiger partial charge in [0.2, 0.25) is 0 Å². The van der Waals surface area contributed by atoms with Crippen LogP contribution >= 0.6 is 24.0 Å². The van der Waals surface area contributed by atoms with Gasteiger partial charge in [0.25, 0.3) is 0 Å². The molecule has 2 aliphatic heterocycles. The minimum atomic E-state index is 0. The lowest BCUT2D eigenvalue weighted by molar-refractivity contribution is -0.188. The number of nitrogens with zero attached hydrogens (tertiary/aromatic N) is 2. The zero-order valence-electron chi connectivity index (χ0n) is 17.3. The van der Waals surface area contributed by atoms with Gasteiger partial charge in [-0.15, -0.1) is 24.0 Å². The summed E-state index contributed by atoms with van der Waals surface area (Å²) in [5.41, 5.74) is 0.186. The van der Waals surface area contributed by atoms with Crippen LogP contribution in [0.1, 0.15) is 59.3 Å². The third-order valence-corrected chi connectivity index (χ3v) is 6.93. The Balaban J connectivity index is 0.00000210. The fraction of sp³-hybridized carbons (Fsp3) is 0.952. The van der Waals surface area contributed by atoms with Crippen molar-refractivity contribution in [3.05, 3.63) is 0 Å². The highest BCUT2D eigenvalue weighted by Crippen LogP contribution is 2.51. The highest BCUT2D eigenvalue weighted by Gasteiger charge is 2.58. The number of rotatable bonds is 5. The number of nitrogens with one attached hydrogen (secondary N) is 1. The molecule has 0 aromatic heterocycles. The standard InChI is InChI=1S/C21H37N3O2.HI/c1-4-22-20(23-18-17-6-5-13-25-19(17)21(18,2)3)24-11-9-16(10-12-24)26-14-15-7-8-15;/h15-19H,4-14H2,1-3H3,(H,22,23);1H. The lowest BCUT2D eigenvalue weighted by Gasteiger charge is -2.60. The maximum atomic E-state index is 6.11. The Bertz CT molecular complexity index is 516. The van der Waals surface area contributed by atoms with Gasteiger partial charge < -0.3 is 19.7 Å². The van der Waals surface area contributed by atoms with Crippen molar-refractivity contribution < 1.29 is 9.47 Å². The smallest absolute Gasteiger partial charge is 0.194 e. The molecule has 156 valence electrons. The molecule has 0 aromatic carbocycles. The van der Waals surface area contributed by atoms with E-state index in [1.54, 1.807) is 0 Å². The molecule has 0 aromatic rings. The minimum absolute atomic E-state index is 0. The molecule has 4 rings (SSSR count).